The van der Waals surface area contributed by atoms with Crippen molar-refractivity contribution in [1.82, 2.24) is 0 Å². The van der Waals surface area contributed by atoms with Crippen LogP contribution in [0.25, 0.3) is 0 Å². The minimum atomic E-state index is 0.128. The van der Waals surface area contributed by atoms with Gasteiger partial charge in [-0.25, -0.2) is 0 Å². The first-order chi connectivity index (χ1) is 10.1. The highest BCUT2D eigenvalue weighted by Gasteiger charge is 2.29. The number of nitrogens with zero attached hydrogens (tertiary/aromatic N) is 2. The summed E-state index contributed by atoms with van der Waals surface area (Å²) < 4.78 is 0. The van der Waals surface area contributed by atoms with Gasteiger partial charge in [0.25, 0.3) is 0 Å². The Kier molecular flexibility index (Phi) is 3.60. The summed E-state index contributed by atoms with van der Waals surface area (Å²) in [6.07, 6.45) is 0. The quantitative estimate of drug-likeness (QED) is 0.915. The van der Waals surface area contributed by atoms with Crippen LogP contribution in [0.2, 0.25) is 5.02 Å². The molecule has 0 amide bonds. The van der Waals surface area contributed by atoms with Gasteiger partial charge in [-0.2, -0.15) is 0 Å². The Morgan fingerprint density at radius 3 is 2.76 bits per heavy atom. The van der Waals surface area contributed by atoms with E-state index >= 15 is 0 Å². The highest BCUT2D eigenvalue weighted by Crippen LogP contribution is 2.34. The molecule has 1 unspecified atom stereocenters. The molecule has 108 valence electrons. The van der Waals surface area contributed by atoms with Crippen LogP contribution in [0.1, 0.15) is 22.7 Å². The van der Waals surface area contributed by atoms with Crippen molar-refractivity contribution in [3.8, 4) is 0 Å². The van der Waals surface area contributed by atoms with Crippen LogP contribution in [0.5, 0.6) is 0 Å². The molecule has 0 spiro atoms. The maximum atomic E-state index is 6.11. The lowest BCUT2D eigenvalue weighted by atomic mass is 9.98. The van der Waals surface area contributed by atoms with E-state index in [4.69, 9.17) is 17.3 Å². The number of hydrogen-bond acceptors (Lipinski definition) is 3. The predicted molar refractivity (Wildman–Crippen MR) is 89.1 cm³/mol. The smallest absolute Gasteiger partial charge is 0.196 e. The third-order valence-electron chi connectivity index (χ3n) is 3.86. The SMILES string of the molecule is Cc1ccc(C)c(C2CN=C(N)N2c2cccc(Cl)c2)c1. The maximum absolute atomic E-state index is 6.11. The van der Waals surface area contributed by atoms with Crippen LogP contribution >= 0.6 is 11.6 Å². The monoisotopic (exact) mass is 299 g/mol. The van der Waals surface area contributed by atoms with Gasteiger partial charge in [0.2, 0.25) is 0 Å². The van der Waals surface area contributed by atoms with Crippen molar-refractivity contribution in [2.75, 3.05) is 11.4 Å². The molecule has 2 aromatic rings. The van der Waals surface area contributed by atoms with Crippen molar-refractivity contribution in [3.63, 3.8) is 0 Å². The second-order valence-electron chi connectivity index (χ2n) is 5.42. The number of halogens is 1. The summed E-state index contributed by atoms with van der Waals surface area (Å²) in [6, 6.07) is 14.3. The van der Waals surface area contributed by atoms with Gasteiger partial charge >= 0.3 is 0 Å². The lowest BCUT2D eigenvalue weighted by Crippen LogP contribution is -2.36. The summed E-state index contributed by atoms with van der Waals surface area (Å²) in [5, 5.41) is 0.701. The molecule has 0 aromatic heterocycles. The molecule has 1 heterocycles. The van der Waals surface area contributed by atoms with Gasteiger partial charge in [-0.05, 0) is 43.2 Å². The van der Waals surface area contributed by atoms with Gasteiger partial charge in [0.05, 0.1) is 12.6 Å². The van der Waals surface area contributed by atoms with Gasteiger partial charge in [0.15, 0.2) is 5.96 Å². The van der Waals surface area contributed by atoms with Crippen molar-refractivity contribution in [1.29, 1.82) is 0 Å². The fourth-order valence-corrected chi connectivity index (χ4v) is 2.98. The molecule has 0 bridgehead atoms. The molecule has 1 atom stereocenters. The predicted octanol–water partition coefficient (Wildman–Crippen LogP) is 3.83. The standard InChI is InChI=1S/C17H18ClN3/c1-11-6-7-12(2)15(8-11)16-10-20-17(19)21(16)14-5-3-4-13(18)9-14/h3-9,16H,10H2,1-2H3,(H2,19,20). The van der Waals surface area contributed by atoms with Crippen LogP contribution < -0.4 is 10.6 Å². The number of aryl methyl sites for hydroxylation is 2. The minimum Gasteiger partial charge on any atom is -0.369 e. The number of hydrogen-bond donors (Lipinski definition) is 1. The van der Waals surface area contributed by atoms with Crippen molar-refractivity contribution < 1.29 is 0 Å². The van der Waals surface area contributed by atoms with E-state index in [1.54, 1.807) is 0 Å². The normalized spacial score (nSPS) is 18.0. The molecule has 4 heteroatoms. The summed E-state index contributed by atoms with van der Waals surface area (Å²) in [6.45, 7) is 4.90. The molecule has 0 fully saturated rings. The molecule has 2 aromatic carbocycles. The van der Waals surface area contributed by atoms with E-state index in [1.165, 1.54) is 16.7 Å². The summed E-state index contributed by atoms with van der Waals surface area (Å²) in [4.78, 5) is 6.49. The molecule has 0 aliphatic carbocycles. The maximum Gasteiger partial charge on any atom is 0.196 e. The number of rotatable bonds is 2. The Hall–Kier alpha value is -2.00. The number of nitrogens with two attached hydrogens (primary N) is 1. The zero-order chi connectivity index (χ0) is 15.0. The Labute approximate surface area is 130 Å². The highest BCUT2D eigenvalue weighted by atomic mass is 35.5. The molecule has 1 aliphatic heterocycles. The van der Waals surface area contributed by atoms with Crippen LogP contribution in [0.4, 0.5) is 5.69 Å². The molecular weight excluding hydrogens is 282 g/mol. The topological polar surface area (TPSA) is 41.6 Å². The van der Waals surface area contributed by atoms with Crippen molar-refractivity contribution in [3.05, 3.63) is 64.2 Å². The van der Waals surface area contributed by atoms with E-state index in [1.807, 2.05) is 24.3 Å². The van der Waals surface area contributed by atoms with Crippen molar-refractivity contribution >= 4 is 23.2 Å². The Balaban J connectivity index is 2.05. The van der Waals surface area contributed by atoms with E-state index < -0.39 is 0 Å². The van der Waals surface area contributed by atoms with Crippen molar-refractivity contribution in [2.45, 2.75) is 19.9 Å². The second kappa shape index (κ2) is 5.41. The number of benzene rings is 2. The van der Waals surface area contributed by atoms with E-state index in [9.17, 15) is 0 Å². The Bertz CT molecular complexity index is 709. The fraction of sp³-hybridized carbons (Fsp3) is 0.235. The van der Waals surface area contributed by atoms with Crippen LogP contribution in [0.15, 0.2) is 47.5 Å². The molecule has 1 aliphatic rings. The fourth-order valence-electron chi connectivity index (χ4n) is 2.79. The van der Waals surface area contributed by atoms with E-state index in [0.29, 0.717) is 17.5 Å². The second-order valence-corrected chi connectivity index (χ2v) is 5.86. The Morgan fingerprint density at radius 2 is 2.00 bits per heavy atom. The van der Waals surface area contributed by atoms with E-state index in [2.05, 4.69) is 41.9 Å². The molecule has 21 heavy (non-hydrogen) atoms. The minimum absolute atomic E-state index is 0.128. The lowest BCUT2D eigenvalue weighted by molar-refractivity contribution is 0.761. The van der Waals surface area contributed by atoms with Crippen LogP contribution in [0, 0.1) is 13.8 Å². The van der Waals surface area contributed by atoms with Gasteiger partial charge < -0.3 is 10.6 Å². The summed E-state index contributed by atoms with van der Waals surface area (Å²) in [5.41, 5.74) is 10.8. The number of aliphatic imine (C=N–C) groups is 1. The lowest BCUT2D eigenvalue weighted by Gasteiger charge is -2.28. The van der Waals surface area contributed by atoms with Gasteiger partial charge in [0.1, 0.15) is 0 Å². The molecule has 3 nitrogen and oxygen atoms in total. The first-order valence-electron chi connectivity index (χ1n) is 6.98. The van der Waals surface area contributed by atoms with E-state index in [-0.39, 0.29) is 6.04 Å². The first kappa shape index (κ1) is 14.0. The van der Waals surface area contributed by atoms with Gasteiger partial charge in [0, 0.05) is 10.7 Å². The number of anilines is 1. The van der Waals surface area contributed by atoms with Gasteiger partial charge in [-0.1, -0.05) is 41.4 Å². The summed E-state index contributed by atoms with van der Waals surface area (Å²) in [5.74, 6) is 0.545. The molecule has 3 rings (SSSR count). The molecule has 0 radical (unpaired) electrons. The molecule has 0 saturated heterocycles. The van der Waals surface area contributed by atoms with Gasteiger partial charge in [-0.15, -0.1) is 0 Å². The first-order valence-corrected chi connectivity index (χ1v) is 7.36. The average Bonchev–Trinajstić information content (AvgIpc) is 2.83. The van der Waals surface area contributed by atoms with E-state index in [0.717, 1.165) is 5.69 Å². The molecule has 2 N–H and O–H groups in total. The number of guanidine groups is 1. The Morgan fingerprint density at radius 1 is 1.19 bits per heavy atom. The summed E-state index contributed by atoms with van der Waals surface area (Å²) >= 11 is 6.11. The molecular formula is C17H18ClN3. The van der Waals surface area contributed by atoms with Crippen molar-refractivity contribution in [2.24, 2.45) is 10.7 Å². The third-order valence-corrected chi connectivity index (χ3v) is 4.10. The largest absolute Gasteiger partial charge is 0.369 e. The van der Waals surface area contributed by atoms with Gasteiger partial charge in [-0.3, -0.25) is 4.99 Å². The van der Waals surface area contributed by atoms with Crippen LogP contribution in [-0.4, -0.2) is 12.5 Å². The zero-order valence-corrected chi connectivity index (χ0v) is 12.9. The average molecular weight is 300 g/mol. The summed E-state index contributed by atoms with van der Waals surface area (Å²) in [7, 11) is 0. The highest BCUT2D eigenvalue weighted by molar-refractivity contribution is 6.30. The zero-order valence-electron chi connectivity index (χ0n) is 12.2. The van der Waals surface area contributed by atoms with Crippen LogP contribution in [0.3, 0.4) is 0 Å². The van der Waals surface area contributed by atoms with Crippen LogP contribution in [-0.2, 0) is 0 Å². The third kappa shape index (κ3) is 2.61. The molecule has 0 saturated carbocycles.